The van der Waals surface area contributed by atoms with Gasteiger partial charge in [0.2, 0.25) is 0 Å². The van der Waals surface area contributed by atoms with Gasteiger partial charge in [-0.25, -0.2) is 11.3 Å². The fraction of sp³-hybridized carbons (Fsp3) is 0.750. The summed E-state index contributed by atoms with van der Waals surface area (Å²) in [5.74, 6) is 5.18. The zero-order valence-electron chi connectivity index (χ0n) is 5.26. The average molecular weight is 116 g/mol. The third kappa shape index (κ3) is 3.58. The first kappa shape index (κ1) is 7.39. The third-order valence-corrected chi connectivity index (χ3v) is 0.618. The lowest BCUT2D eigenvalue weighted by Gasteiger charge is -2.07. The van der Waals surface area contributed by atoms with Gasteiger partial charge in [0, 0.05) is 13.3 Å². The van der Waals surface area contributed by atoms with Crippen molar-refractivity contribution in [2.45, 2.75) is 13.3 Å². The summed E-state index contributed by atoms with van der Waals surface area (Å²) in [6.07, 6.45) is 2.62. The summed E-state index contributed by atoms with van der Waals surface area (Å²) in [5, 5.41) is 4.89. The van der Waals surface area contributed by atoms with Gasteiger partial charge in [-0.3, -0.25) is 0 Å². The van der Waals surface area contributed by atoms with Crippen molar-refractivity contribution in [3.63, 3.8) is 0 Å². The Kier molecular flexibility index (Phi) is 4.20. The van der Waals surface area contributed by atoms with E-state index in [2.05, 4.69) is 10.5 Å². The lowest BCUT2D eigenvalue weighted by Crippen LogP contribution is -2.36. The fourth-order valence-electron chi connectivity index (χ4n) is 0.227. The molecule has 4 heteroatoms. The highest BCUT2D eigenvalue weighted by atomic mass is 15.8. The second-order valence-electron chi connectivity index (χ2n) is 1.27. The summed E-state index contributed by atoms with van der Waals surface area (Å²) in [7, 11) is 1.70. The minimum absolute atomic E-state index is 0.898. The van der Waals surface area contributed by atoms with Crippen molar-refractivity contribution < 1.29 is 0 Å². The molecule has 0 saturated heterocycles. The maximum Gasteiger partial charge on any atom is 0.0274 e. The average Bonchev–Trinajstić information content (AvgIpc) is 1.83. The first-order valence-electron chi connectivity index (χ1n) is 2.56. The van der Waals surface area contributed by atoms with Crippen molar-refractivity contribution in [2.24, 2.45) is 10.9 Å². The van der Waals surface area contributed by atoms with Gasteiger partial charge >= 0.3 is 0 Å². The molecule has 3 N–H and O–H groups in total. The van der Waals surface area contributed by atoms with Crippen LogP contribution in [0, 0.1) is 0 Å². The largest absolute Gasteiger partial charge is 0.215 e. The van der Waals surface area contributed by atoms with E-state index in [1.165, 1.54) is 0 Å². The molecule has 0 aliphatic carbocycles. The fourth-order valence-corrected chi connectivity index (χ4v) is 0.227. The molecule has 4 nitrogen and oxygen atoms in total. The normalized spacial score (nSPS) is 10.4. The number of nitrogens with zero attached hydrogens (tertiary/aromatic N) is 2. The molecule has 0 amide bonds. The van der Waals surface area contributed by atoms with Gasteiger partial charge in [0.05, 0.1) is 0 Å². The summed E-state index contributed by atoms with van der Waals surface area (Å²) < 4.78 is 0. The van der Waals surface area contributed by atoms with E-state index in [-0.39, 0.29) is 0 Å². The zero-order valence-corrected chi connectivity index (χ0v) is 5.26. The summed E-state index contributed by atoms with van der Waals surface area (Å²) in [4.78, 5) is 0. The summed E-state index contributed by atoms with van der Waals surface area (Å²) in [6, 6.07) is 0. The zero-order chi connectivity index (χ0) is 6.41. The molecule has 0 heterocycles. The van der Waals surface area contributed by atoms with Gasteiger partial charge in [0.25, 0.3) is 0 Å². The van der Waals surface area contributed by atoms with E-state index < -0.39 is 0 Å². The van der Waals surface area contributed by atoms with Crippen LogP contribution in [-0.4, -0.2) is 18.5 Å². The lowest BCUT2D eigenvalue weighted by molar-refractivity contribution is 0.226. The van der Waals surface area contributed by atoms with Gasteiger partial charge in [-0.2, -0.15) is 10.3 Å². The number of hydrogen-bond acceptors (Lipinski definition) is 4. The van der Waals surface area contributed by atoms with Crippen molar-refractivity contribution in [2.75, 3.05) is 7.05 Å². The van der Waals surface area contributed by atoms with Gasteiger partial charge in [-0.15, -0.1) is 0 Å². The standard InChI is InChI=1S/C4H12N4/c1-3-4-7-8(5)6-2/h4,6H,3,5H2,1-2H3/b7-4-. The Balaban J connectivity index is 3.21. The summed E-state index contributed by atoms with van der Waals surface area (Å²) in [5.41, 5.74) is 2.61. The molecule has 0 aromatic rings. The quantitative estimate of drug-likeness (QED) is 0.302. The molecule has 0 unspecified atom stereocenters. The molecule has 0 atom stereocenters. The van der Waals surface area contributed by atoms with Crippen LogP contribution in [-0.2, 0) is 0 Å². The number of nitrogens with one attached hydrogen (secondary N) is 1. The molecule has 0 aromatic carbocycles. The highest BCUT2D eigenvalue weighted by molar-refractivity contribution is 5.55. The van der Waals surface area contributed by atoms with E-state index in [1.807, 2.05) is 6.92 Å². The van der Waals surface area contributed by atoms with Gasteiger partial charge in [0.15, 0.2) is 0 Å². The minimum atomic E-state index is 0.898. The maximum atomic E-state index is 5.18. The van der Waals surface area contributed by atoms with Crippen molar-refractivity contribution in [3.05, 3.63) is 0 Å². The molecule has 0 saturated carbocycles. The van der Waals surface area contributed by atoms with Crippen LogP contribution in [0.5, 0.6) is 0 Å². The smallest absolute Gasteiger partial charge is 0.0274 e. The SMILES string of the molecule is CC/C=N\N(N)NC. The lowest BCUT2D eigenvalue weighted by atomic mass is 10.6. The second-order valence-corrected chi connectivity index (χ2v) is 1.27. The predicted octanol–water partition coefficient (Wildman–Crippen LogP) is -0.308. The van der Waals surface area contributed by atoms with Crippen LogP contribution in [0.1, 0.15) is 13.3 Å². The van der Waals surface area contributed by atoms with Crippen LogP contribution in [0.4, 0.5) is 0 Å². The molecule has 0 fully saturated rings. The first-order valence-corrected chi connectivity index (χ1v) is 2.56. The Morgan fingerprint density at radius 3 is 2.88 bits per heavy atom. The van der Waals surface area contributed by atoms with E-state index in [4.69, 9.17) is 5.84 Å². The third-order valence-electron chi connectivity index (χ3n) is 0.618. The number of hydrogen-bond donors (Lipinski definition) is 2. The van der Waals surface area contributed by atoms with E-state index in [0.717, 1.165) is 11.6 Å². The minimum Gasteiger partial charge on any atom is -0.215 e. The molecule has 8 heavy (non-hydrogen) atoms. The predicted molar refractivity (Wildman–Crippen MR) is 33.9 cm³/mol. The number of hydrazone groups is 1. The summed E-state index contributed by atoms with van der Waals surface area (Å²) >= 11 is 0. The molecule has 0 aliphatic heterocycles. The van der Waals surface area contributed by atoms with Crippen molar-refractivity contribution in [3.8, 4) is 0 Å². The Morgan fingerprint density at radius 2 is 2.50 bits per heavy atom. The van der Waals surface area contributed by atoms with Crippen molar-refractivity contribution in [1.29, 1.82) is 0 Å². The van der Waals surface area contributed by atoms with Crippen LogP contribution in [0.25, 0.3) is 0 Å². The second kappa shape index (κ2) is 4.55. The van der Waals surface area contributed by atoms with Gasteiger partial charge in [-0.1, -0.05) is 6.92 Å². The molecule has 48 valence electrons. The van der Waals surface area contributed by atoms with Crippen LogP contribution in [0.2, 0.25) is 0 Å². The van der Waals surface area contributed by atoms with Crippen LogP contribution >= 0.6 is 0 Å². The van der Waals surface area contributed by atoms with E-state index in [9.17, 15) is 0 Å². The molecule has 0 aliphatic rings. The van der Waals surface area contributed by atoms with E-state index in [1.54, 1.807) is 13.3 Å². The van der Waals surface area contributed by atoms with Gasteiger partial charge < -0.3 is 0 Å². The maximum absolute atomic E-state index is 5.18. The first-order chi connectivity index (χ1) is 3.81. The van der Waals surface area contributed by atoms with E-state index in [0.29, 0.717) is 0 Å². The van der Waals surface area contributed by atoms with Crippen LogP contribution in [0.3, 0.4) is 0 Å². The topological polar surface area (TPSA) is 53.6 Å². The molecule has 0 aromatic heterocycles. The molecular formula is C4H12N4. The van der Waals surface area contributed by atoms with Gasteiger partial charge in [0.1, 0.15) is 0 Å². The van der Waals surface area contributed by atoms with Crippen molar-refractivity contribution in [1.82, 2.24) is 10.7 Å². The highest BCUT2D eigenvalue weighted by Crippen LogP contribution is 1.69. The Morgan fingerprint density at radius 1 is 1.88 bits per heavy atom. The number of rotatable bonds is 3. The summed E-state index contributed by atoms with van der Waals surface area (Å²) in [6.45, 7) is 1.99. The molecule has 0 radical (unpaired) electrons. The van der Waals surface area contributed by atoms with E-state index >= 15 is 0 Å². The Bertz CT molecular complexity index is 70.4. The Labute approximate surface area is 49.3 Å². The molecule has 0 rings (SSSR count). The molecule has 0 bridgehead atoms. The van der Waals surface area contributed by atoms with Crippen LogP contribution < -0.4 is 11.3 Å². The Hall–Kier alpha value is -0.610. The molecular weight excluding hydrogens is 104 g/mol. The highest BCUT2D eigenvalue weighted by Gasteiger charge is 1.77. The van der Waals surface area contributed by atoms with Crippen LogP contribution in [0.15, 0.2) is 5.10 Å². The van der Waals surface area contributed by atoms with Crippen molar-refractivity contribution >= 4 is 6.21 Å². The van der Waals surface area contributed by atoms with Gasteiger partial charge in [-0.05, 0) is 6.42 Å². The number of hydrazine groups is 2. The number of nitrogens with two attached hydrogens (primary N) is 1. The molecule has 0 spiro atoms. The monoisotopic (exact) mass is 116 g/mol.